The van der Waals surface area contributed by atoms with Crippen molar-refractivity contribution in [2.45, 2.75) is 91.7 Å². The second kappa shape index (κ2) is 7.03. The second-order valence-corrected chi connectivity index (χ2v) is 8.23. The van der Waals surface area contributed by atoms with E-state index in [1.807, 2.05) is 0 Å². The quantitative estimate of drug-likeness (QED) is 0.636. The highest BCUT2D eigenvalue weighted by Gasteiger charge is 2.66. The SMILES string of the molecule is CCC(C)(C)C(=O)OC(C)(C)C(C)(OC(=O)OC(C)(C)C)C(F)(F)F. The third-order valence-corrected chi connectivity index (χ3v) is 4.15. The standard InChI is InChI=1S/C17H29F3O5/c1-10-14(5,6)11(21)23-15(7,8)16(9,17(18,19)20)25-12(22)24-13(2,3)4/h10H2,1-9H3. The molecule has 0 radical (unpaired) electrons. The molecule has 0 saturated heterocycles. The number of halogens is 3. The summed E-state index contributed by atoms with van der Waals surface area (Å²) in [5.74, 6) is -0.816. The van der Waals surface area contributed by atoms with Gasteiger partial charge in [0.25, 0.3) is 0 Å². The van der Waals surface area contributed by atoms with Gasteiger partial charge in [-0.05, 0) is 61.8 Å². The highest BCUT2D eigenvalue weighted by molar-refractivity contribution is 5.76. The van der Waals surface area contributed by atoms with Crippen molar-refractivity contribution in [1.82, 2.24) is 0 Å². The smallest absolute Gasteiger partial charge is 0.455 e. The first kappa shape index (κ1) is 23.5. The lowest BCUT2D eigenvalue weighted by Gasteiger charge is -2.44. The fourth-order valence-corrected chi connectivity index (χ4v) is 1.57. The van der Waals surface area contributed by atoms with Crippen LogP contribution in [0.25, 0.3) is 0 Å². The summed E-state index contributed by atoms with van der Waals surface area (Å²) in [7, 11) is 0. The molecule has 0 aliphatic heterocycles. The summed E-state index contributed by atoms with van der Waals surface area (Å²) in [5, 5.41) is 0. The van der Waals surface area contributed by atoms with Crippen LogP contribution in [0.5, 0.6) is 0 Å². The number of carbonyl (C=O) groups excluding carboxylic acids is 2. The van der Waals surface area contributed by atoms with E-state index in [0.717, 1.165) is 13.8 Å². The molecule has 0 rings (SSSR count). The highest BCUT2D eigenvalue weighted by Crippen LogP contribution is 2.44. The van der Waals surface area contributed by atoms with Crippen molar-refractivity contribution in [3.05, 3.63) is 0 Å². The van der Waals surface area contributed by atoms with Crippen LogP contribution in [0.1, 0.15) is 68.7 Å². The molecule has 8 heteroatoms. The molecule has 1 atom stereocenters. The van der Waals surface area contributed by atoms with Crippen molar-refractivity contribution >= 4 is 12.1 Å². The molecule has 0 aromatic rings. The Kier molecular flexibility index (Phi) is 6.62. The van der Waals surface area contributed by atoms with E-state index in [4.69, 9.17) is 9.47 Å². The Morgan fingerprint density at radius 2 is 1.24 bits per heavy atom. The van der Waals surface area contributed by atoms with Crippen molar-refractivity contribution < 1.29 is 37.0 Å². The summed E-state index contributed by atoms with van der Waals surface area (Å²) in [6.07, 6.45) is -6.12. The molecule has 1 unspecified atom stereocenters. The van der Waals surface area contributed by atoms with E-state index in [1.54, 1.807) is 20.8 Å². The second-order valence-electron chi connectivity index (χ2n) is 8.23. The minimum Gasteiger partial charge on any atom is -0.455 e. The molecule has 0 aromatic carbocycles. The van der Waals surface area contributed by atoms with Crippen LogP contribution in [-0.4, -0.2) is 35.1 Å². The Labute approximate surface area is 147 Å². The molecule has 0 aliphatic carbocycles. The molecule has 0 fully saturated rings. The average Bonchev–Trinajstić information content (AvgIpc) is 2.33. The van der Waals surface area contributed by atoms with Crippen LogP contribution in [0, 0.1) is 5.41 Å². The molecule has 0 bridgehead atoms. The van der Waals surface area contributed by atoms with Crippen molar-refractivity contribution in [3.63, 3.8) is 0 Å². The van der Waals surface area contributed by atoms with E-state index in [-0.39, 0.29) is 0 Å². The maximum atomic E-state index is 13.7. The Bertz CT molecular complexity index is 503. The summed E-state index contributed by atoms with van der Waals surface area (Å²) in [4.78, 5) is 24.1. The van der Waals surface area contributed by atoms with Crippen LogP contribution in [-0.2, 0) is 19.0 Å². The minimum atomic E-state index is -5.00. The lowest BCUT2D eigenvalue weighted by atomic mass is 9.85. The van der Waals surface area contributed by atoms with Crippen molar-refractivity contribution in [2.75, 3.05) is 0 Å². The predicted molar refractivity (Wildman–Crippen MR) is 86.0 cm³/mol. The summed E-state index contributed by atoms with van der Waals surface area (Å²) in [6.45, 7) is 12.1. The Hall–Kier alpha value is -1.47. The molecule has 25 heavy (non-hydrogen) atoms. The van der Waals surface area contributed by atoms with Crippen LogP contribution in [0.2, 0.25) is 0 Å². The van der Waals surface area contributed by atoms with Gasteiger partial charge in [0, 0.05) is 0 Å². The van der Waals surface area contributed by atoms with Gasteiger partial charge in [-0.2, -0.15) is 13.2 Å². The van der Waals surface area contributed by atoms with Gasteiger partial charge >= 0.3 is 18.3 Å². The molecular weight excluding hydrogens is 341 g/mol. The lowest BCUT2D eigenvalue weighted by molar-refractivity contribution is -0.311. The third kappa shape index (κ3) is 5.78. The molecule has 0 amide bonds. The number of alkyl halides is 3. The highest BCUT2D eigenvalue weighted by atomic mass is 19.4. The first-order valence-corrected chi connectivity index (χ1v) is 8.01. The fraction of sp³-hybridized carbons (Fsp3) is 0.882. The molecule has 5 nitrogen and oxygen atoms in total. The van der Waals surface area contributed by atoms with E-state index < -0.39 is 40.5 Å². The predicted octanol–water partition coefficient (Wildman–Crippen LogP) is 5.02. The van der Waals surface area contributed by atoms with Crippen LogP contribution in [0.3, 0.4) is 0 Å². The van der Waals surface area contributed by atoms with Gasteiger partial charge in [-0.1, -0.05) is 6.92 Å². The van der Waals surface area contributed by atoms with Crippen LogP contribution in [0.4, 0.5) is 18.0 Å². The van der Waals surface area contributed by atoms with Gasteiger partial charge < -0.3 is 14.2 Å². The maximum absolute atomic E-state index is 13.7. The van der Waals surface area contributed by atoms with Crippen molar-refractivity contribution in [1.29, 1.82) is 0 Å². The lowest BCUT2D eigenvalue weighted by Crippen LogP contribution is -2.63. The Morgan fingerprint density at radius 1 is 0.800 bits per heavy atom. The van der Waals surface area contributed by atoms with E-state index in [0.29, 0.717) is 13.3 Å². The number of hydrogen-bond acceptors (Lipinski definition) is 5. The van der Waals surface area contributed by atoms with Gasteiger partial charge in [0.05, 0.1) is 5.41 Å². The monoisotopic (exact) mass is 370 g/mol. The molecule has 148 valence electrons. The zero-order chi connectivity index (χ0) is 20.5. The van der Waals surface area contributed by atoms with Crippen molar-refractivity contribution in [3.8, 4) is 0 Å². The van der Waals surface area contributed by atoms with E-state index in [1.165, 1.54) is 20.8 Å². The zero-order valence-electron chi connectivity index (χ0n) is 16.4. The normalized spacial score (nSPS) is 16.0. The molecule has 0 heterocycles. The molecular formula is C17H29F3O5. The number of rotatable bonds is 5. The van der Waals surface area contributed by atoms with Gasteiger partial charge in [0.1, 0.15) is 5.60 Å². The zero-order valence-corrected chi connectivity index (χ0v) is 16.4. The minimum absolute atomic E-state index is 0.373. The molecule has 0 aromatic heterocycles. The van der Waals surface area contributed by atoms with Gasteiger partial charge in [-0.15, -0.1) is 0 Å². The first-order chi connectivity index (χ1) is 10.8. The maximum Gasteiger partial charge on any atom is 0.509 e. The number of carbonyl (C=O) groups is 2. The molecule has 0 saturated carbocycles. The van der Waals surface area contributed by atoms with Gasteiger partial charge in [-0.3, -0.25) is 4.79 Å². The molecule has 0 N–H and O–H groups in total. The van der Waals surface area contributed by atoms with Gasteiger partial charge in [-0.25, -0.2) is 4.79 Å². The summed E-state index contributed by atoms with van der Waals surface area (Å²) in [6, 6.07) is 0. The topological polar surface area (TPSA) is 61.8 Å². The van der Waals surface area contributed by atoms with E-state index in [2.05, 4.69) is 4.74 Å². The Morgan fingerprint density at radius 3 is 1.56 bits per heavy atom. The number of ether oxygens (including phenoxy) is 3. The van der Waals surface area contributed by atoms with Crippen LogP contribution >= 0.6 is 0 Å². The van der Waals surface area contributed by atoms with Crippen LogP contribution < -0.4 is 0 Å². The summed E-state index contributed by atoms with van der Waals surface area (Å²) >= 11 is 0. The van der Waals surface area contributed by atoms with Crippen molar-refractivity contribution in [2.24, 2.45) is 5.41 Å². The molecule has 0 aliphatic rings. The first-order valence-electron chi connectivity index (χ1n) is 8.01. The van der Waals surface area contributed by atoms with E-state index in [9.17, 15) is 22.8 Å². The number of hydrogen-bond donors (Lipinski definition) is 0. The molecule has 0 spiro atoms. The third-order valence-electron chi connectivity index (χ3n) is 4.15. The van der Waals surface area contributed by atoms with Crippen LogP contribution in [0.15, 0.2) is 0 Å². The number of esters is 1. The summed E-state index contributed by atoms with van der Waals surface area (Å²) < 4.78 is 55.7. The Balaban J connectivity index is 5.71. The van der Waals surface area contributed by atoms with Gasteiger partial charge in [0.2, 0.25) is 5.60 Å². The average molecular weight is 370 g/mol. The summed E-state index contributed by atoms with van der Waals surface area (Å²) in [5.41, 5.74) is -7.28. The fourth-order valence-electron chi connectivity index (χ4n) is 1.57. The largest absolute Gasteiger partial charge is 0.509 e. The van der Waals surface area contributed by atoms with E-state index >= 15 is 0 Å². The van der Waals surface area contributed by atoms with Gasteiger partial charge in [0.15, 0.2) is 5.60 Å².